The molecule has 2 aromatic rings. The van der Waals surface area contributed by atoms with Gasteiger partial charge in [0.2, 0.25) is 5.91 Å². The predicted molar refractivity (Wildman–Crippen MR) is 74.8 cm³/mol. The van der Waals surface area contributed by atoms with Crippen LogP contribution in [0.3, 0.4) is 0 Å². The van der Waals surface area contributed by atoms with Gasteiger partial charge < -0.3 is 5.73 Å². The van der Waals surface area contributed by atoms with Crippen molar-refractivity contribution < 1.29 is 18.0 Å². The van der Waals surface area contributed by atoms with E-state index in [1.54, 1.807) is 6.07 Å². The lowest BCUT2D eigenvalue weighted by atomic mass is 10.1. The number of alkyl halides is 3. The molecule has 2 aromatic heterocycles. The topological polar surface area (TPSA) is 86.7 Å². The average Bonchev–Trinajstić information content (AvgIpc) is 3.22. The van der Waals surface area contributed by atoms with Crippen LogP contribution in [-0.4, -0.2) is 25.7 Å². The van der Waals surface area contributed by atoms with Crippen LogP contribution in [0.1, 0.15) is 30.1 Å². The van der Waals surface area contributed by atoms with Gasteiger partial charge in [0.05, 0.1) is 0 Å². The number of nitrogens with zero attached hydrogens (tertiary/aromatic N) is 4. The number of carbonyl (C=O) groups is 1. The van der Waals surface area contributed by atoms with Gasteiger partial charge in [-0.2, -0.15) is 13.2 Å². The summed E-state index contributed by atoms with van der Waals surface area (Å²) in [6.07, 6.45) is 0.746. The van der Waals surface area contributed by atoms with Crippen LogP contribution in [-0.2, 0) is 11.0 Å². The first kappa shape index (κ1) is 15.2. The zero-order chi connectivity index (χ0) is 16.6. The maximum atomic E-state index is 13.0. The van der Waals surface area contributed by atoms with Gasteiger partial charge in [0, 0.05) is 29.5 Å². The number of primary amides is 1. The van der Waals surface area contributed by atoms with E-state index in [0.717, 1.165) is 25.0 Å². The van der Waals surface area contributed by atoms with E-state index < -0.39 is 17.8 Å². The van der Waals surface area contributed by atoms with Gasteiger partial charge in [-0.15, -0.1) is 5.10 Å². The second-order valence-electron chi connectivity index (χ2n) is 5.20. The molecule has 3 rings (SSSR count). The molecule has 2 heterocycles. The molecule has 2 N–H and O–H groups in total. The zero-order valence-electron chi connectivity index (χ0n) is 11.8. The highest BCUT2D eigenvalue weighted by atomic mass is 19.4. The molecule has 0 saturated heterocycles. The quantitative estimate of drug-likeness (QED) is 0.874. The monoisotopic (exact) mass is 323 g/mol. The molecule has 0 radical (unpaired) electrons. The summed E-state index contributed by atoms with van der Waals surface area (Å²) in [5, 5.41) is 4.01. The summed E-state index contributed by atoms with van der Waals surface area (Å²) in [4.78, 5) is 18.3. The molecule has 0 unspecified atom stereocenters. The lowest BCUT2D eigenvalue weighted by Crippen LogP contribution is -2.10. The van der Waals surface area contributed by atoms with Gasteiger partial charge in [0.25, 0.3) is 0 Å². The zero-order valence-corrected chi connectivity index (χ0v) is 11.8. The van der Waals surface area contributed by atoms with Crippen LogP contribution >= 0.6 is 0 Å². The number of hydrogen-bond donors (Lipinski definition) is 1. The molecule has 0 atom stereocenters. The van der Waals surface area contributed by atoms with Crippen LogP contribution in [0.15, 0.2) is 24.5 Å². The van der Waals surface area contributed by atoms with Crippen LogP contribution in [0, 0.1) is 0 Å². The molecule has 0 spiro atoms. The molecule has 1 aliphatic rings. The lowest BCUT2D eigenvalue weighted by Gasteiger charge is -2.09. The Hall–Kier alpha value is -2.71. The fraction of sp³-hybridized carbons (Fsp3) is 0.286. The first-order valence-electron chi connectivity index (χ1n) is 6.81. The Balaban J connectivity index is 1.98. The number of carbonyl (C=O) groups excluding carboxylic acids is 1. The number of halogens is 3. The van der Waals surface area contributed by atoms with Gasteiger partial charge in [-0.1, -0.05) is 0 Å². The molecule has 1 saturated carbocycles. The molecule has 9 heteroatoms. The molecular weight excluding hydrogens is 311 g/mol. The number of rotatable bonds is 4. The highest BCUT2D eigenvalue weighted by Gasteiger charge is 2.35. The fourth-order valence-corrected chi connectivity index (χ4v) is 2.04. The Kier molecular flexibility index (Phi) is 3.63. The van der Waals surface area contributed by atoms with Crippen molar-refractivity contribution in [1.29, 1.82) is 0 Å². The van der Waals surface area contributed by atoms with Gasteiger partial charge in [-0.3, -0.25) is 4.79 Å². The van der Waals surface area contributed by atoms with Crippen molar-refractivity contribution >= 4 is 12.1 Å². The van der Waals surface area contributed by atoms with Crippen LogP contribution in [0.25, 0.3) is 17.6 Å². The van der Waals surface area contributed by atoms with Gasteiger partial charge >= 0.3 is 6.18 Å². The summed E-state index contributed by atoms with van der Waals surface area (Å²) in [6.45, 7) is 0. The van der Waals surface area contributed by atoms with Crippen LogP contribution < -0.4 is 5.73 Å². The Morgan fingerprint density at radius 1 is 1.35 bits per heavy atom. The van der Waals surface area contributed by atoms with E-state index in [-0.39, 0.29) is 17.3 Å². The van der Waals surface area contributed by atoms with E-state index in [9.17, 15) is 18.0 Å². The predicted octanol–water partition coefficient (Wildman–Crippen LogP) is 2.19. The van der Waals surface area contributed by atoms with E-state index >= 15 is 0 Å². The Bertz CT molecular complexity index is 777. The standard InChI is InChI=1S/C14H12F3N5O/c15-14(16,17)11-6-9(5-10(20-11)8-1-2-8)13-19-7-22(21-13)4-3-12(18)23/h3-8H,1-2H2,(H2,18,23). The molecule has 23 heavy (non-hydrogen) atoms. The number of nitrogens with two attached hydrogens (primary N) is 1. The van der Waals surface area contributed by atoms with Crippen molar-refractivity contribution in [3.63, 3.8) is 0 Å². The molecular formula is C14H12F3N5O. The Morgan fingerprint density at radius 3 is 2.70 bits per heavy atom. The summed E-state index contributed by atoms with van der Waals surface area (Å²) in [7, 11) is 0. The second kappa shape index (κ2) is 5.49. The van der Waals surface area contributed by atoms with Crippen molar-refractivity contribution in [2.24, 2.45) is 5.73 Å². The van der Waals surface area contributed by atoms with Crippen molar-refractivity contribution in [3.8, 4) is 11.4 Å². The van der Waals surface area contributed by atoms with Crippen molar-refractivity contribution in [1.82, 2.24) is 19.7 Å². The number of hydrogen-bond acceptors (Lipinski definition) is 4. The van der Waals surface area contributed by atoms with E-state index in [0.29, 0.717) is 5.69 Å². The van der Waals surface area contributed by atoms with Gasteiger partial charge in [-0.25, -0.2) is 14.6 Å². The largest absolute Gasteiger partial charge is 0.433 e. The van der Waals surface area contributed by atoms with Crippen molar-refractivity contribution in [3.05, 3.63) is 35.9 Å². The molecule has 1 amide bonds. The van der Waals surface area contributed by atoms with Crippen LogP contribution in [0.5, 0.6) is 0 Å². The molecule has 1 fully saturated rings. The minimum absolute atomic E-state index is 0.0629. The number of aromatic nitrogens is 4. The molecule has 120 valence electrons. The second-order valence-corrected chi connectivity index (χ2v) is 5.20. The first-order chi connectivity index (χ1) is 10.8. The highest BCUT2D eigenvalue weighted by molar-refractivity contribution is 5.88. The van der Waals surface area contributed by atoms with Gasteiger partial charge in [-0.05, 0) is 25.0 Å². The van der Waals surface area contributed by atoms with Gasteiger partial charge in [0.1, 0.15) is 12.0 Å². The summed E-state index contributed by atoms with van der Waals surface area (Å²) in [5.41, 5.74) is 4.65. The SMILES string of the molecule is NC(=O)C=Cn1cnc(-c2cc(C3CC3)nc(C(F)(F)F)c2)n1. The van der Waals surface area contributed by atoms with E-state index in [2.05, 4.69) is 15.1 Å². The van der Waals surface area contributed by atoms with E-state index in [1.807, 2.05) is 0 Å². The highest BCUT2D eigenvalue weighted by Crippen LogP contribution is 2.41. The van der Waals surface area contributed by atoms with Crippen LogP contribution in [0.2, 0.25) is 0 Å². The third-order valence-electron chi connectivity index (χ3n) is 3.29. The molecule has 6 nitrogen and oxygen atoms in total. The Labute approximate surface area is 128 Å². The summed E-state index contributed by atoms with van der Waals surface area (Å²) < 4.78 is 40.2. The first-order valence-corrected chi connectivity index (χ1v) is 6.81. The minimum atomic E-state index is -4.53. The summed E-state index contributed by atoms with van der Waals surface area (Å²) in [5.74, 6) is -0.483. The summed E-state index contributed by atoms with van der Waals surface area (Å²) >= 11 is 0. The lowest BCUT2D eigenvalue weighted by molar-refractivity contribution is -0.141. The molecule has 0 aromatic carbocycles. The molecule has 1 aliphatic carbocycles. The van der Waals surface area contributed by atoms with E-state index in [1.165, 1.54) is 17.2 Å². The van der Waals surface area contributed by atoms with Crippen molar-refractivity contribution in [2.45, 2.75) is 24.9 Å². The maximum Gasteiger partial charge on any atom is 0.433 e. The van der Waals surface area contributed by atoms with Crippen molar-refractivity contribution in [2.75, 3.05) is 0 Å². The number of amides is 1. The van der Waals surface area contributed by atoms with Gasteiger partial charge in [0.15, 0.2) is 5.82 Å². The summed E-state index contributed by atoms with van der Waals surface area (Å²) in [6, 6.07) is 2.49. The molecule has 0 aliphatic heterocycles. The minimum Gasteiger partial charge on any atom is -0.366 e. The molecule has 0 bridgehead atoms. The third-order valence-corrected chi connectivity index (χ3v) is 3.29. The average molecular weight is 323 g/mol. The normalized spacial score (nSPS) is 15.3. The maximum absolute atomic E-state index is 13.0. The van der Waals surface area contributed by atoms with Crippen LogP contribution in [0.4, 0.5) is 13.2 Å². The fourth-order valence-electron chi connectivity index (χ4n) is 2.04. The smallest absolute Gasteiger partial charge is 0.366 e. The Morgan fingerprint density at radius 2 is 2.09 bits per heavy atom. The third kappa shape index (κ3) is 3.55. The number of pyridine rings is 1. The van der Waals surface area contributed by atoms with E-state index in [4.69, 9.17) is 5.73 Å².